The molecule has 70 valence electrons. The van der Waals surface area contributed by atoms with Crippen molar-refractivity contribution in [2.45, 2.75) is 0 Å². The molecular weight excluding hydrogens is 254 g/mol. The lowest BCUT2D eigenvalue weighted by Gasteiger charge is -2.00. The quantitative estimate of drug-likeness (QED) is 0.726. The fourth-order valence-electron chi connectivity index (χ4n) is 0.726. The van der Waals surface area contributed by atoms with E-state index in [1.165, 1.54) is 6.20 Å². The van der Waals surface area contributed by atoms with Crippen molar-refractivity contribution in [3.63, 3.8) is 0 Å². The molecule has 6 heteroatoms. The first kappa shape index (κ1) is 10.2. The standard InChI is InChI=1S/C7H8BrN3OS/c1-4(8)2-9-6(12)5-3-10-7(13)11-5/h3H,1-2H2,(H,9,12)(H2,10,11,13). The van der Waals surface area contributed by atoms with E-state index in [9.17, 15) is 4.79 Å². The van der Waals surface area contributed by atoms with Gasteiger partial charge in [0.1, 0.15) is 5.69 Å². The van der Waals surface area contributed by atoms with Crippen LogP contribution in [0.5, 0.6) is 0 Å². The van der Waals surface area contributed by atoms with Crippen molar-refractivity contribution >= 4 is 34.1 Å². The Kier molecular flexibility index (Phi) is 3.44. The van der Waals surface area contributed by atoms with E-state index < -0.39 is 0 Å². The van der Waals surface area contributed by atoms with E-state index in [-0.39, 0.29) is 5.91 Å². The Balaban J connectivity index is 2.59. The first-order chi connectivity index (χ1) is 6.09. The Bertz CT molecular complexity index is 381. The Labute approximate surface area is 88.6 Å². The van der Waals surface area contributed by atoms with Crippen molar-refractivity contribution in [2.24, 2.45) is 0 Å². The molecule has 0 saturated heterocycles. The van der Waals surface area contributed by atoms with Crippen LogP contribution in [0.3, 0.4) is 0 Å². The molecule has 0 saturated carbocycles. The van der Waals surface area contributed by atoms with Crippen LogP contribution in [-0.4, -0.2) is 22.4 Å². The summed E-state index contributed by atoms with van der Waals surface area (Å²) in [7, 11) is 0. The summed E-state index contributed by atoms with van der Waals surface area (Å²) in [6.45, 7) is 3.98. The van der Waals surface area contributed by atoms with Crippen LogP contribution in [0.4, 0.5) is 0 Å². The maximum Gasteiger partial charge on any atom is 0.269 e. The number of H-pyrrole nitrogens is 2. The average Bonchev–Trinajstić information content (AvgIpc) is 2.47. The highest BCUT2D eigenvalue weighted by molar-refractivity contribution is 9.11. The lowest BCUT2D eigenvalue weighted by molar-refractivity contribution is 0.0953. The minimum atomic E-state index is -0.215. The highest BCUT2D eigenvalue weighted by Crippen LogP contribution is 1.98. The molecule has 0 aromatic carbocycles. The molecule has 0 bridgehead atoms. The number of rotatable bonds is 3. The summed E-state index contributed by atoms with van der Waals surface area (Å²) >= 11 is 7.90. The second kappa shape index (κ2) is 4.38. The predicted molar refractivity (Wildman–Crippen MR) is 56.4 cm³/mol. The van der Waals surface area contributed by atoms with Crippen LogP contribution in [0, 0.1) is 4.77 Å². The molecule has 1 heterocycles. The van der Waals surface area contributed by atoms with Gasteiger partial charge in [0.05, 0.1) is 0 Å². The molecule has 0 aliphatic heterocycles. The second-order valence-corrected chi connectivity index (χ2v) is 3.89. The number of hydrogen-bond donors (Lipinski definition) is 3. The van der Waals surface area contributed by atoms with Gasteiger partial charge in [0.15, 0.2) is 4.77 Å². The zero-order valence-corrected chi connectivity index (χ0v) is 9.09. The lowest BCUT2D eigenvalue weighted by Crippen LogP contribution is -2.24. The highest BCUT2D eigenvalue weighted by atomic mass is 79.9. The highest BCUT2D eigenvalue weighted by Gasteiger charge is 2.05. The van der Waals surface area contributed by atoms with Crippen molar-refractivity contribution in [2.75, 3.05) is 6.54 Å². The molecule has 13 heavy (non-hydrogen) atoms. The number of amides is 1. The van der Waals surface area contributed by atoms with Gasteiger partial charge in [-0.15, -0.1) is 0 Å². The lowest BCUT2D eigenvalue weighted by atomic mass is 10.4. The van der Waals surface area contributed by atoms with Crippen LogP contribution >= 0.6 is 28.1 Å². The largest absolute Gasteiger partial charge is 0.346 e. The molecule has 1 rings (SSSR count). The van der Waals surface area contributed by atoms with Crippen LogP contribution < -0.4 is 5.32 Å². The van der Waals surface area contributed by atoms with Crippen LogP contribution in [0.1, 0.15) is 10.5 Å². The summed E-state index contributed by atoms with van der Waals surface area (Å²) in [6, 6.07) is 0. The third-order valence-electron chi connectivity index (χ3n) is 1.28. The van der Waals surface area contributed by atoms with Gasteiger partial charge in [-0.3, -0.25) is 4.79 Å². The fourth-order valence-corrected chi connectivity index (χ4v) is 1.03. The van der Waals surface area contributed by atoms with Crippen LogP contribution in [0.2, 0.25) is 0 Å². The third-order valence-corrected chi connectivity index (χ3v) is 1.78. The van der Waals surface area contributed by atoms with Gasteiger partial charge < -0.3 is 15.3 Å². The summed E-state index contributed by atoms with van der Waals surface area (Å²) < 4.78 is 1.15. The Hall–Kier alpha value is -0.880. The number of halogens is 1. The van der Waals surface area contributed by atoms with Crippen molar-refractivity contribution in [1.29, 1.82) is 0 Å². The van der Waals surface area contributed by atoms with Gasteiger partial charge in [-0.1, -0.05) is 22.5 Å². The van der Waals surface area contributed by atoms with Gasteiger partial charge in [0.25, 0.3) is 5.91 Å². The topological polar surface area (TPSA) is 60.7 Å². The van der Waals surface area contributed by atoms with E-state index in [0.29, 0.717) is 17.0 Å². The zero-order chi connectivity index (χ0) is 9.84. The molecule has 1 aromatic rings. The molecule has 0 fully saturated rings. The normalized spacial score (nSPS) is 9.62. The van der Waals surface area contributed by atoms with E-state index in [0.717, 1.165) is 4.48 Å². The average molecular weight is 262 g/mol. The summed E-state index contributed by atoms with van der Waals surface area (Å²) in [4.78, 5) is 16.7. The first-order valence-corrected chi connectivity index (χ1v) is 4.69. The first-order valence-electron chi connectivity index (χ1n) is 3.49. The maximum atomic E-state index is 11.3. The molecule has 0 aliphatic rings. The molecule has 1 amide bonds. The van der Waals surface area contributed by atoms with E-state index >= 15 is 0 Å². The van der Waals surface area contributed by atoms with Crippen molar-refractivity contribution in [3.05, 3.63) is 27.7 Å². The monoisotopic (exact) mass is 261 g/mol. The molecule has 0 atom stereocenters. The minimum absolute atomic E-state index is 0.215. The Morgan fingerprint density at radius 2 is 2.46 bits per heavy atom. The van der Waals surface area contributed by atoms with Gasteiger partial charge in [-0.05, 0) is 12.2 Å². The van der Waals surface area contributed by atoms with E-state index in [1.807, 2.05) is 0 Å². The van der Waals surface area contributed by atoms with Crippen molar-refractivity contribution in [1.82, 2.24) is 15.3 Å². The van der Waals surface area contributed by atoms with Gasteiger partial charge in [-0.25, -0.2) is 0 Å². The molecule has 0 spiro atoms. The fraction of sp³-hybridized carbons (Fsp3) is 0.143. The van der Waals surface area contributed by atoms with E-state index in [2.05, 4.69) is 37.8 Å². The second-order valence-electron chi connectivity index (χ2n) is 2.36. The number of aromatic amines is 2. The van der Waals surface area contributed by atoms with E-state index in [4.69, 9.17) is 12.2 Å². The predicted octanol–water partition coefficient (Wildman–Crippen LogP) is 1.71. The summed E-state index contributed by atoms with van der Waals surface area (Å²) in [5.74, 6) is -0.215. The zero-order valence-electron chi connectivity index (χ0n) is 6.69. The molecule has 0 unspecified atom stereocenters. The minimum Gasteiger partial charge on any atom is -0.346 e. The van der Waals surface area contributed by atoms with Gasteiger partial charge in [0, 0.05) is 17.2 Å². The number of imidazole rings is 1. The Morgan fingerprint density at radius 3 is 2.92 bits per heavy atom. The van der Waals surface area contributed by atoms with Gasteiger partial charge in [-0.2, -0.15) is 0 Å². The number of carbonyl (C=O) groups excluding carboxylic acids is 1. The number of hydrogen-bond acceptors (Lipinski definition) is 2. The molecule has 1 aromatic heterocycles. The maximum absolute atomic E-state index is 11.3. The molecule has 0 aliphatic carbocycles. The van der Waals surface area contributed by atoms with Crippen LogP contribution in [0.15, 0.2) is 17.3 Å². The molecule has 3 N–H and O–H groups in total. The third kappa shape index (κ3) is 3.16. The smallest absolute Gasteiger partial charge is 0.269 e. The van der Waals surface area contributed by atoms with Crippen LogP contribution in [0.25, 0.3) is 0 Å². The number of nitrogens with one attached hydrogen (secondary N) is 3. The SMILES string of the molecule is C=C(Br)CNC(=O)c1c[nH]c(=S)[nH]1. The summed E-state index contributed by atoms with van der Waals surface area (Å²) in [5.41, 5.74) is 0.416. The summed E-state index contributed by atoms with van der Waals surface area (Å²) in [6.07, 6.45) is 1.52. The van der Waals surface area contributed by atoms with Gasteiger partial charge in [0.2, 0.25) is 0 Å². The van der Waals surface area contributed by atoms with Crippen LogP contribution in [-0.2, 0) is 0 Å². The van der Waals surface area contributed by atoms with Crippen molar-refractivity contribution < 1.29 is 4.79 Å². The van der Waals surface area contributed by atoms with Crippen molar-refractivity contribution in [3.8, 4) is 0 Å². The summed E-state index contributed by atoms with van der Waals surface area (Å²) in [5, 5.41) is 2.63. The van der Waals surface area contributed by atoms with E-state index in [1.54, 1.807) is 0 Å². The molecular formula is C7H8BrN3OS. The Morgan fingerprint density at radius 1 is 1.77 bits per heavy atom. The number of carbonyl (C=O) groups is 1. The molecule has 4 nitrogen and oxygen atoms in total. The molecule has 0 radical (unpaired) electrons. The van der Waals surface area contributed by atoms with Gasteiger partial charge >= 0.3 is 0 Å². The number of aromatic nitrogens is 2.